The molecule has 0 amide bonds. The molecule has 4 nitrogen and oxygen atoms in total. The number of benzene rings is 1. The van der Waals surface area contributed by atoms with Crippen molar-refractivity contribution in [2.75, 3.05) is 17.7 Å². The molecule has 2 N–H and O–H groups in total. The molecule has 0 fully saturated rings. The summed E-state index contributed by atoms with van der Waals surface area (Å²) < 4.78 is 3.12. The van der Waals surface area contributed by atoms with E-state index in [0.29, 0.717) is 0 Å². The fourth-order valence-electron chi connectivity index (χ4n) is 2.10. The van der Waals surface area contributed by atoms with Crippen LogP contribution >= 0.6 is 15.9 Å². The highest BCUT2D eigenvalue weighted by Gasteiger charge is 2.14. The van der Waals surface area contributed by atoms with Crippen molar-refractivity contribution >= 4 is 27.3 Å². The number of aryl methyl sites for hydroxylation is 2. The average molecular weight is 323 g/mol. The summed E-state index contributed by atoms with van der Waals surface area (Å²) in [5.74, 6) is 0. The lowest BCUT2D eigenvalue weighted by molar-refractivity contribution is 0.612. The van der Waals surface area contributed by atoms with Gasteiger partial charge in [0, 0.05) is 25.0 Å². The van der Waals surface area contributed by atoms with Gasteiger partial charge in [0.2, 0.25) is 0 Å². The smallest absolute Gasteiger partial charge is 0.0739 e. The van der Waals surface area contributed by atoms with E-state index in [1.165, 1.54) is 5.69 Å². The van der Waals surface area contributed by atoms with Crippen molar-refractivity contribution in [1.29, 1.82) is 0 Å². The quantitative estimate of drug-likeness (QED) is 0.879. The van der Waals surface area contributed by atoms with Crippen molar-refractivity contribution < 1.29 is 0 Å². The lowest BCUT2D eigenvalue weighted by Gasteiger charge is -2.20. The first kappa shape index (κ1) is 13.9. The van der Waals surface area contributed by atoms with Crippen molar-refractivity contribution in [3.05, 3.63) is 40.1 Å². The SMILES string of the molecule is CCn1nc(C)c(Br)c1CN(C)c1cccc(N)c1. The molecule has 0 unspecified atom stereocenters. The van der Waals surface area contributed by atoms with Gasteiger partial charge in [0.15, 0.2) is 0 Å². The Kier molecular flexibility index (Phi) is 4.14. The van der Waals surface area contributed by atoms with Gasteiger partial charge in [-0.3, -0.25) is 4.68 Å². The van der Waals surface area contributed by atoms with Crippen LogP contribution in [0.4, 0.5) is 11.4 Å². The molecule has 19 heavy (non-hydrogen) atoms. The second-order valence-corrected chi connectivity index (χ2v) is 5.41. The lowest BCUT2D eigenvalue weighted by Crippen LogP contribution is -2.19. The lowest BCUT2D eigenvalue weighted by atomic mass is 10.2. The molecule has 0 aliphatic carbocycles. The van der Waals surface area contributed by atoms with Gasteiger partial charge in [0.25, 0.3) is 0 Å². The molecule has 1 aromatic carbocycles. The van der Waals surface area contributed by atoms with E-state index < -0.39 is 0 Å². The molecule has 1 aromatic heterocycles. The standard InChI is InChI=1S/C14H19BrN4/c1-4-19-13(14(15)10(2)17-19)9-18(3)12-7-5-6-11(16)8-12/h5-8H,4,9,16H2,1-3H3. The molecule has 0 saturated heterocycles. The van der Waals surface area contributed by atoms with Gasteiger partial charge in [0.1, 0.15) is 0 Å². The molecular weight excluding hydrogens is 304 g/mol. The van der Waals surface area contributed by atoms with E-state index in [9.17, 15) is 0 Å². The van der Waals surface area contributed by atoms with E-state index in [0.717, 1.165) is 34.6 Å². The Hall–Kier alpha value is -1.49. The van der Waals surface area contributed by atoms with Gasteiger partial charge >= 0.3 is 0 Å². The molecule has 0 saturated carbocycles. The van der Waals surface area contributed by atoms with Crippen LogP contribution in [0, 0.1) is 6.92 Å². The zero-order valence-electron chi connectivity index (χ0n) is 11.5. The minimum atomic E-state index is 0.781. The van der Waals surface area contributed by atoms with Crippen molar-refractivity contribution in [3.8, 4) is 0 Å². The molecule has 0 aliphatic rings. The van der Waals surface area contributed by atoms with Crippen LogP contribution in [-0.2, 0) is 13.1 Å². The predicted molar refractivity (Wildman–Crippen MR) is 83.3 cm³/mol. The summed E-state index contributed by atoms with van der Waals surface area (Å²) in [4.78, 5) is 2.17. The molecule has 102 valence electrons. The summed E-state index contributed by atoms with van der Waals surface area (Å²) in [6, 6.07) is 7.91. The fraction of sp³-hybridized carbons (Fsp3) is 0.357. The van der Waals surface area contributed by atoms with Crippen molar-refractivity contribution in [2.24, 2.45) is 0 Å². The third kappa shape index (κ3) is 2.92. The third-order valence-corrected chi connectivity index (χ3v) is 4.18. The van der Waals surface area contributed by atoms with Gasteiger partial charge in [0.05, 0.1) is 22.4 Å². The summed E-state index contributed by atoms with van der Waals surface area (Å²) in [7, 11) is 2.06. The van der Waals surface area contributed by atoms with Gasteiger partial charge in [-0.2, -0.15) is 5.10 Å². The predicted octanol–water partition coefficient (Wildman–Crippen LogP) is 3.19. The van der Waals surface area contributed by atoms with Crippen LogP contribution in [-0.4, -0.2) is 16.8 Å². The second kappa shape index (κ2) is 5.65. The Labute approximate surface area is 122 Å². The van der Waals surface area contributed by atoms with Gasteiger partial charge in [-0.05, 0) is 48.0 Å². The van der Waals surface area contributed by atoms with Crippen LogP contribution in [0.25, 0.3) is 0 Å². The number of rotatable bonds is 4. The number of anilines is 2. The van der Waals surface area contributed by atoms with E-state index >= 15 is 0 Å². The highest BCUT2D eigenvalue weighted by atomic mass is 79.9. The molecule has 0 radical (unpaired) electrons. The summed E-state index contributed by atoms with van der Waals surface area (Å²) in [6.07, 6.45) is 0. The van der Waals surface area contributed by atoms with Crippen LogP contribution in [0.15, 0.2) is 28.7 Å². The minimum absolute atomic E-state index is 0.781. The maximum Gasteiger partial charge on any atom is 0.0739 e. The molecule has 0 bridgehead atoms. The number of halogens is 1. The number of hydrogen-bond acceptors (Lipinski definition) is 3. The van der Waals surface area contributed by atoms with Crippen LogP contribution in [0.2, 0.25) is 0 Å². The molecule has 5 heteroatoms. The first-order valence-electron chi connectivity index (χ1n) is 6.31. The number of nitrogens with two attached hydrogens (primary N) is 1. The van der Waals surface area contributed by atoms with Gasteiger partial charge < -0.3 is 10.6 Å². The Morgan fingerprint density at radius 3 is 2.79 bits per heavy atom. The largest absolute Gasteiger partial charge is 0.399 e. The van der Waals surface area contributed by atoms with Crippen molar-refractivity contribution in [2.45, 2.75) is 26.9 Å². The normalized spacial score (nSPS) is 10.7. The maximum atomic E-state index is 5.83. The van der Waals surface area contributed by atoms with E-state index in [1.54, 1.807) is 0 Å². The number of nitrogen functional groups attached to an aromatic ring is 1. The van der Waals surface area contributed by atoms with Gasteiger partial charge in [-0.15, -0.1) is 0 Å². The molecular formula is C14H19BrN4. The Bertz CT molecular complexity index is 577. The zero-order chi connectivity index (χ0) is 14.0. The molecule has 0 spiro atoms. The summed E-state index contributed by atoms with van der Waals surface area (Å²) >= 11 is 3.62. The Balaban J connectivity index is 2.26. The summed E-state index contributed by atoms with van der Waals surface area (Å²) in [5.41, 5.74) is 9.92. The number of hydrogen-bond donors (Lipinski definition) is 1. The van der Waals surface area contributed by atoms with E-state index in [1.807, 2.05) is 29.8 Å². The maximum absolute atomic E-state index is 5.83. The summed E-state index contributed by atoms with van der Waals surface area (Å²) in [6.45, 7) is 5.77. The molecule has 2 aromatic rings. The van der Waals surface area contributed by atoms with E-state index in [4.69, 9.17) is 5.73 Å². The highest BCUT2D eigenvalue weighted by Crippen LogP contribution is 2.25. The fourth-order valence-corrected chi connectivity index (χ4v) is 2.51. The van der Waals surface area contributed by atoms with Crippen LogP contribution in [0.5, 0.6) is 0 Å². The molecule has 1 heterocycles. The van der Waals surface area contributed by atoms with E-state index in [2.05, 4.69) is 46.0 Å². The second-order valence-electron chi connectivity index (χ2n) is 4.61. The van der Waals surface area contributed by atoms with Crippen LogP contribution in [0.1, 0.15) is 18.3 Å². The molecule has 2 rings (SSSR count). The van der Waals surface area contributed by atoms with Crippen LogP contribution in [0.3, 0.4) is 0 Å². The van der Waals surface area contributed by atoms with Gasteiger partial charge in [-0.25, -0.2) is 0 Å². The number of nitrogens with zero attached hydrogens (tertiary/aromatic N) is 3. The third-order valence-electron chi connectivity index (χ3n) is 3.15. The highest BCUT2D eigenvalue weighted by molar-refractivity contribution is 9.10. The first-order valence-corrected chi connectivity index (χ1v) is 7.10. The monoisotopic (exact) mass is 322 g/mol. The van der Waals surface area contributed by atoms with Crippen molar-refractivity contribution in [1.82, 2.24) is 9.78 Å². The number of aromatic nitrogens is 2. The van der Waals surface area contributed by atoms with Gasteiger partial charge in [-0.1, -0.05) is 6.07 Å². The molecule has 0 atom stereocenters. The minimum Gasteiger partial charge on any atom is -0.399 e. The zero-order valence-corrected chi connectivity index (χ0v) is 13.1. The summed E-state index contributed by atoms with van der Waals surface area (Å²) in [5, 5.41) is 4.51. The first-order chi connectivity index (χ1) is 9.02. The van der Waals surface area contributed by atoms with E-state index in [-0.39, 0.29) is 0 Å². The van der Waals surface area contributed by atoms with Crippen molar-refractivity contribution in [3.63, 3.8) is 0 Å². The topological polar surface area (TPSA) is 47.1 Å². The molecule has 0 aliphatic heterocycles. The average Bonchev–Trinajstić information content (AvgIpc) is 2.66. The van der Waals surface area contributed by atoms with Crippen LogP contribution < -0.4 is 10.6 Å². The Morgan fingerprint density at radius 2 is 2.16 bits per heavy atom. The Morgan fingerprint density at radius 1 is 1.42 bits per heavy atom.